The number of rotatable bonds is 5. The van der Waals surface area contributed by atoms with Gasteiger partial charge in [-0.2, -0.15) is 0 Å². The zero-order chi connectivity index (χ0) is 16.7. The molecule has 0 spiro atoms. The first-order valence-electron chi connectivity index (χ1n) is 7.62. The molecule has 1 atom stereocenters. The third-order valence-electron chi connectivity index (χ3n) is 3.50. The number of ketones is 1. The predicted octanol–water partition coefficient (Wildman–Crippen LogP) is 3.34. The van der Waals surface area contributed by atoms with Crippen LogP contribution in [-0.2, 0) is 10.4 Å². The van der Waals surface area contributed by atoms with Gasteiger partial charge in [0.15, 0.2) is 0 Å². The Kier molecular flexibility index (Phi) is 5.56. The SMILES string of the molecule is CC(=O)CCNc1ccccc1C#C[C@](C)(O)c1ccccc1. The van der Waals surface area contributed by atoms with E-state index in [-0.39, 0.29) is 5.78 Å². The van der Waals surface area contributed by atoms with Crippen LogP contribution < -0.4 is 5.32 Å². The smallest absolute Gasteiger partial charge is 0.148 e. The highest BCUT2D eigenvalue weighted by atomic mass is 16.3. The fourth-order valence-electron chi connectivity index (χ4n) is 2.14. The molecule has 0 bridgehead atoms. The molecule has 0 aliphatic carbocycles. The summed E-state index contributed by atoms with van der Waals surface area (Å²) in [6.45, 7) is 3.83. The third-order valence-corrected chi connectivity index (χ3v) is 3.50. The molecule has 2 N–H and O–H groups in total. The number of carbonyl (C=O) groups excluding carboxylic acids is 1. The van der Waals surface area contributed by atoms with Crippen LogP contribution in [0.5, 0.6) is 0 Å². The van der Waals surface area contributed by atoms with Gasteiger partial charge in [0.25, 0.3) is 0 Å². The van der Waals surface area contributed by atoms with Gasteiger partial charge >= 0.3 is 0 Å². The highest BCUT2D eigenvalue weighted by molar-refractivity contribution is 5.76. The lowest BCUT2D eigenvalue weighted by Gasteiger charge is -2.16. The molecule has 2 rings (SSSR count). The third kappa shape index (κ3) is 4.98. The van der Waals surface area contributed by atoms with Gasteiger partial charge < -0.3 is 10.4 Å². The average Bonchev–Trinajstić information content (AvgIpc) is 2.54. The van der Waals surface area contributed by atoms with E-state index in [0.717, 1.165) is 16.8 Å². The molecule has 2 aromatic carbocycles. The lowest BCUT2D eigenvalue weighted by Crippen LogP contribution is -2.18. The quantitative estimate of drug-likeness (QED) is 0.833. The second-order valence-electron chi connectivity index (χ2n) is 5.61. The summed E-state index contributed by atoms with van der Waals surface area (Å²) in [6, 6.07) is 17.0. The Bertz CT molecular complexity index is 724. The molecule has 0 aliphatic rings. The predicted molar refractivity (Wildman–Crippen MR) is 93.1 cm³/mol. The Labute approximate surface area is 137 Å². The van der Waals surface area contributed by atoms with Gasteiger partial charge in [0.2, 0.25) is 0 Å². The number of hydrogen-bond acceptors (Lipinski definition) is 3. The molecule has 0 radical (unpaired) electrons. The van der Waals surface area contributed by atoms with Crippen LogP contribution >= 0.6 is 0 Å². The van der Waals surface area contributed by atoms with Crippen molar-refractivity contribution >= 4 is 11.5 Å². The van der Waals surface area contributed by atoms with Crippen LogP contribution in [0.25, 0.3) is 0 Å². The van der Waals surface area contributed by atoms with E-state index >= 15 is 0 Å². The molecule has 0 amide bonds. The summed E-state index contributed by atoms with van der Waals surface area (Å²) in [6.07, 6.45) is 0.476. The van der Waals surface area contributed by atoms with Gasteiger partial charge in [0, 0.05) is 24.2 Å². The monoisotopic (exact) mass is 307 g/mol. The number of Topliss-reactive ketones (excluding diaryl/α,β-unsaturated/α-hetero) is 1. The Morgan fingerprint density at radius 3 is 2.48 bits per heavy atom. The number of carbonyl (C=O) groups is 1. The minimum absolute atomic E-state index is 0.146. The summed E-state index contributed by atoms with van der Waals surface area (Å²) in [5, 5.41) is 13.8. The maximum absolute atomic E-state index is 11.0. The van der Waals surface area contributed by atoms with Crippen molar-refractivity contribution in [1.29, 1.82) is 0 Å². The number of anilines is 1. The highest BCUT2D eigenvalue weighted by Crippen LogP contribution is 2.20. The van der Waals surface area contributed by atoms with E-state index in [1.807, 2.05) is 54.6 Å². The first-order chi connectivity index (χ1) is 11.0. The van der Waals surface area contributed by atoms with Crippen LogP contribution in [-0.4, -0.2) is 17.4 Å². The second kappa shape index (κ2) is 7.62. The number of aliphatic hydroxyl groups is 1. The molecule has 3 nitrogen and oxygen atoms in total. The van der Waals surface area contributed by atoms with Gasteiger partial charge in [-0.05, 0) is 31.5 Å². The Morgan fingerprint density at radius 1 is 1.13 bits per heavy atom. The van der Waals surface area contributed by atoms with Crippen LogP contribution in [0.2, 0.25) is 0 Å². The number of nitrogens with one attached hydrogen (secondary N) is 1. The Balaban J connectivity index is 2.19. The first kappa shape index (κ1) is 16.8. The topological polar surface area (TPSA) is 49.3 Å². The van der Waals surface area contributed by atoms with Gasteiger partial charge in [-0.3, -0.25) is 4.79 Å². The summed E-state index contributed by atoms with van der Waals surface area (Å²) < 4.78 is 0. The van der Waals surface area contributed by atoms with Crippen molar-refractivity contribution in [3.05, 3.63) is 65.7 Å². The van der Waals surface area contributed by atoms with E-state index in [9.17, 15) is 9.90 Å². The fraction of sp³-hybridized carbons (Fsp3) is 0.250. The normalized spacial score (nSPS) is 12.7. The van der Waals surface area contributed by atoms with Gasteiger partial charge in [-0.15, -0.1) is 0 Å². The molecule has 3 heteroatoms. The fourth-order valence-corrected chi connectivity index (χ4v) is 2.14. The van der Waals surface area contributed by atoms with E-state index in [1.165, 1.54) is 0 Å². The van der Waals surface area contributed by atoms with Crippen molar-refractivity contribution in [3.63, 3.8) is 0 Å². The summed E-state index contributed by atoms with van der Waals surface area (Å²) in [4.78, 5) is 11.0. The molecule has 0 aliphatic heterocycles. The number of hydrogen-bond donors (Lipinski definition) is 2. The molecule has 0 aromatic heterocycles. The lowest BCUT2D eigenvalue weighted by atomic mass is 9.96. The largest absolute Gasteiger partial charge is 0.384 e. The maximum Gasteiger partial charge on any atom is 0.148 e. The Hall–Kier alpha value is -2.57. The van der Waals surface area contributed by atoms with Crippen LogP contribution in [0.3, 0.4) is 0 Å². The van der Waals surface area contributed by atoms with Crippen molar-refractivity contribution < 1.29 is 9.90 Å². The second-order valence-corrected chi connectivity index (χ2v) is 5.61. The van der Waals surface area contributed by atoms with E-state index in [2.05, 4.69) is 17.2 Å². The lowest BCUT2D eigenvalue weighted by molar-refractivity contribution is -0.116. The minimum atomic E-state index is -1.21. The van der Waals surface area contributed by atoms with E-state index < -0.39 is 5.60 Å². The Morgan fingerprint density at radius 2 is 1.78 bits per heavy atom. The molecular formula is C20H21NO2. The van der Waals surface area contributed by atoms with E-state index in [0.29, 0.717) is 13.0 Å². The van der Waals surface area contributed by atoms with Gasteiger partial charge in [0.05, 0.1) is 0 Å². The first-order valence-corrected chi connectivity index (χ1v) is 7.62. The van der Waals surface area contributed by atoms with Gasteiger partial charge in [-0.1, -0.05) is 54.3 Å². The van der Waals surface area contributed by atoms with Gasteiger partial charge in [-0.25, -0.2) is 0 Å². The summed E-state index contributed by atoms with van der Waals surface area (Å²) in [7, 11) is 0. The van der Waals surface area contributed by atoms with Gasteiger partial charge in [0.1, 0.15) is 11.4 Å². The number of para-hydroxylation sites is 1. The van der Waals surface area contributed by atoms with Crippen LogP contribution in [0.15, 0.2) is 54.6 Å². The zero-order valence-electron chi connectivity index (χ0n) is 13.5. The minimum Gasteiger partial charge on any atom is -0.384 e. The van der Waals surface area contributed by atoms with Crippen LogP contribution in [0.4, 0.5) is 5.69 Å². The average molecular weight is 307 g/mol. The standard InChI is InChI=1S/C20H21NO2/c1-16(22)13-15-21-19-11-7-6-8-17(19)12-14-20(2,23)18-9-4-3-5-10-18/h3-11,21,23H,13,15H2,1-2H3/t20-/m0/s1. The zero-order valence-corrected chi connectivity index (χ0v) is 13.5. The molecule has 0 fully saturated rings. The van der Waals surface area contributed by atoms with Crippen molar-refractivity contribution in [2.75, 3.05) is 11.9 Å². The van der Waals surface area contributed by atoms with Crippen molar-refractivity contribution in [2.24, 2.45) is 0 Å². The molecule has 0 saturated carbocycles. The van der Waals surface area contributed by atoms with Crippen molar-refractivity contribution in [1.82, 2.24) is 0 Å². The molecule has 0 unspecified atom stereocenters. The number of benzene rings is 2. The summed E-state index contributed by atoms with van der Waals surface area (Å²) in [5.74, 6) is 6.12. The molecule has 0 heterocycles. The van der Waals surface area contributed by atoms with Crippen LogP contribution in [0, 0.1) is 11.8 Å². The van der Waals surface area contributed by atoms with Crippen molar-refractivity contribution in [3.8, 4) is 11.8 Å². The highest BCUT2D eigenvalue weighted by Gasteiger charge is 2.19. The van der Waals surface area contributed by atoms with E-state index in [1.54, 1.807) is 13.8 Å². The molecule has 0 saturated heterocycles. The summed E-state index contributed by atoms with van der Waals surface area (Å²) in [5.41, 5.74) is 1.21. The molecular weight excluding hydrogens is 286 g/mol. The maximum atomic E-state index is 11.0. The van der Waals surface area contributed by atoms with E-state index in [4.69, 9.17) is 0 Å². The summed E-state index contributed by atoms with van der Waals surface area (Å²) >= 11 is 0. The van der Waals surface area contributed by atoms with Crippen LogP contribution in [0.1, 0.15) is 31.4 Å². The molecule has 118 valence electrons. The molecule has 2 aromatic rings. The molecule has 23 heavy (non-hydrogen) atoms. The van der Waals surface area contributed by atoms with Crippen molar-refractivity contribution in [2.45, 2.75) is 25.9 Å².